The maximum atomic E-state index is 10.8. The Morgan fingerprint density at radius 3 is 2.93 bits per heavy atom. The second-order valence-corrected chi connectivity index (χ2v) is 3.91. The van der Waals surface area contributed by atoms with Crippen molar-refractivity contribution < 1.29 is 10.0 Å². The van der Waals surface area contributed by atoms with Crippen LogP contribution in [0.5, 0.6) is 5.75 Å². The first-order valence-electron chi connectivity index (χ1n) is 3.95. The lowest BCUT2D eigenvalue weighted by Crippen LogP contribution is -1.92. The Bertz CT molecular complexity index is 518. The van der Waals surface area contributed by atoms with Gasteiger partial charge in [0.05, 0.1) is 15.9 Å². The predicted octanol–water partition coefficient (Wildman–Crippen LogP) is 2.82. The van der Waals surface area contributed by atoms with E-state index >= 15 is 0 Å². The Balaban J connectivity index is 2.93. The van der Waals surface area contributed by atoms with E-state index in [0.717, 1.165) is 4.70 Å². The number of fused-ring (bicyclic) bond motifs is 1. The van der Waals surface area contributed by atoms with Gasteiger partial charge >= 0.3 is 0 Å². The summed E-state index contributed by atoms with van der Waals surface area (Å²) in [4.78, 5) is 10.3. The molecule has 1 aromatic heterocycles. The summed E-state index contributed by atoms with van der Waals surface area (Å²) in [7, 11) is 0. The van der Waals surface area contributed by atoms with E-state index < -0.39 is 4.92 Å². The minimum atomic E-state index is -0.454. The van der Waals surface area contributed by atoms with Crippen molar-refractivity contribution in [1.29, 1.82) is 0 Å². The molecule has 1 N–H and O–H groups in total. The molecule has 0 aliphatic rings. The third-order valence-electron chi connectivity index (χ3n) is 2.14. The molecule has 2 rings (SSSR count). The van der Waals surface area contributed by atoms with E-state index in [0.29, 0.717) is 10.9 Å². The first-order chi connectivity index (χ1) is 6.61. The minimum absolute atomic E-state index is 0.00116. The van der Waals surface area contributed by atoms with Crippen molar-refractivity contribution in [3.63, 3.8) is 0 Å². The summed E-state index contributed by atoms with van der Waals surface area (Å²) in [6.07, 6.45) is 0. The Morgan fingerprint density at radius 1 is 1.57 bits per heavy atom. The standard InChI is InChI=1S/C9H7NO3S/c1-5-7(11)4-8-6(2-3-14-8)9(5)10(12)13/h2-4,11H,1H3. The van der Waals surface area contributed by atoms with E-state index in [-0.39, 0.29) is 11.4 Å². The van der Waals surface area contributed by atoms with Gasteiger partial charge in [0.15, 0.2) is 0 Å². The zero-order valence-corrected chi connectivity index (χ0v) is 8.17. The molecule has 1 heterocycles. The second-order valence-electron chi connectivity index (χ2n) is 2.96. The number of nitrogens with zero attached hydrogens (tertiary/aromatic N) is 1. The number of rotatable bonds is 1. The molecule has 0 saturated heterocycles. The zero-order valence-electron chi connectivity index (χ0n) is 7.35. The van der Waals surface area contributed by atoms with Gasteiger partial charge in [-0.1, -0.05) is 0 Å². The van der Waals surface area contributed by atoms with Crippen LogP contribution >= 0.6 is 11.3 Å². The van der Waals surface area contributed by atoms with Gasteiger partial charge < -0.3 is 5.11 Å². The molecule has 0 aliphatic carbocycles. The van der Waals surface area contributed by atoms with E-state index in [4.69, 9.17) is 0 Å². The average Bonchev–Trinajstić information content (AvgIpc) is 2.52. The molecule has 1 aromatic carbocycles. The van der Waals surface area contributed by atoms with Crippen molar-refractivity contribution in [2.75, 3.05) is 0 Å². The highest BCUT2D eigenvalue weighted by molar-refractivity contribution is 7.17. The maximum Gasteiger partial charge on any atom is 0.284 e. The monoisotopic (exact) mass is 209 g/mol. The highest BCUT2D eigenvalue weighted by atomic mass is 32.1. The van der Waals surface area contributed by atoms with Crippen LogP contribution < -0.4 is 0 Å². The molecule has 0 saturated carbocycles. The van der Waals surface area contributed by atoms with E-state index in [1.54, 1.807) is 24.4 Å². The van der Waals surface area contributed by atoms with Gasteiger partial charge in [-0.05, 0) is 24.4 Å². The Kier molecular flexibility index (Phi) is 1.89. The molecule has 14 heavy (non-hydrogen) atoms. The van der Waals surface area contributed by atoms with E-state index in [9.17, 15) is 15.2 Å². The number of hydrogen-bond acceptors (Lipinski definition) is 4. The number of hydrogen-bond donors (Lipinski definition) is 1. The fraction of sp³-hybridized carbons (Fsp3) is 0.111. The van der Waals surface area contributed by atoms with Gasteiger partial charge in [0.2, 0.25) is 0 Å². The van der Waals surface area contributed by atoms with E-state index in [1.807, 2.05) is 0 Å². The molecule has 5 heteroatoms. The van der Waals surface area contributed by atoms with Crippen LogP contribution in [-0.4, -0.2) is 10.0 Å². The summed E-state index contributed by atoms with van der Waals surface area (Å²) in [6.45, 7) is 1.55. The predicted molar refractivity (Wildman–Crippen MR) is 54.9 cm³/mol. The van der Waals surface area contributed by atoms with Crippen molar-refractivity contribution in [3.8, 4) is 5.75 Å². The van der Waals surface area contributed by atoms with Crippen molar-refractivity contribution in [2.45, 2.75) is 6.92 Å². The lowest BCUT2D eigenvalue weighted by molar-refractivity contribution is -0.383. The van der Waals surface area contributed by atoms with Crippen molar-refractivity contribution in [1.82, 2.24) is 0 Å². The Hall–Kier alpha value is -1.62. The van der Waals surface area contributed by atoms with Crippen molar-refractivity contribution in [2.24, 2.45) is 0 Å². The molecule has 0 atom stereocenters. The van der Waals surface area contributed by atoms with Crippen LogP contribution in [0, 0.1) is 17.0 Å². The fourth-order valence-corrected chi connectivity index (χ4v) is 2.24. The molecule has 0 bridgehead atoms. The van der Waals surface area contributed by atoms with E-state index in [1.165, 1.54) is 11.3 Å². The third kappa shape index (κ3) is 1.13. The molecular weight excluding hydrogens is 202 g/mol. The number of aromatic hydroxyl groups is 1. The summed E-state index contributed by atoms with van der Waals surface area (Å²) >= 11 is 1.38. The van der Waals surface area contributed by atoms with Gasteiger partial charge in [0.1, 0.15) is 5.75 Å². The third-order valence-corrected chi connectivity index (χ3v) is 3.00. The van der Waals surface area contributed by atoms with Gasteiger partial charge in [-0.15, -0.1) is 11.3 Å². The maximum absolute atomic E-state index is 10.8. The minimum Gasteiger partial charge on any atom is -0.507 e. The van der Waals surface area contributed by atoms with Gasteiger partial charge in [0.25, 0.3) is 5.69 Å². The zero-order chi connectivity index (χ0) is 10.3. The van der Waals surface area contributed by atoms with E-state index in [2.05, 4.69) is 0 Å². The summed E-state index contributed by atoms with van der Waals surface area (Å²) in [6, 6.07) is 3.26. The molecule has 4 nitrogen and oxygen atoms in total. The Morgan fingerprint density at radius 2 is 2.29 bits per heavy atom. The average molecular weight is 209 g/mol. The smallest absolute Gasteiger partial charge is 0.284 e. The number of phenols is 1. The number of phenolic OH excluding ortho intramolecular Hbond substituents is 1. The topological polar surface area (TPSA) is 63.4 Å². The van der Waals surface area contributed by atoms with Crippen LogP contribution in [0.1, 0.15) is 5.56 Å². The number of benzene rings is 1. The highest BCUT2D eigenvalue weighted by Crippen LogP contribution is 2.37. The van der Waals surface area contributed by atoms with Crippen molar-refractivity contribution in [3.05, 3.63) is 33.2 Å². The summed E-state index contributed by atoms with van der Waals surface area (Å²) in [5.41, 5.74) is 0.321. The molecule has 0 aliphatic heterocycles. The fourth-order valence-electron chi connectivity index (χ4n) is 1.42. The molecule has 0 spiro atoms. The van der Waals surface area contributed by atoms with Crippen LogP contribution in [-0.2, 0) is 0 Å². The molecule has 0 unspecified atom stereocenters. The lowest BCUT2D eigenvalue weighted by Gasteiger charge is -2.01. The normalized spacial score (nSPS) is 10.6. The first-order valence-corrected chi connectivity index (χ1v) is 4.83. The van der Waals surface area contributed by atoms with Gasteiger partial charge in [0, 0.05) is 4.70 Å². The van der Waals surface area contributed by atoms with Crippen LogP contribution in [0.3, 0.4) is 0 Å². The molecular formula is C9H7NO3S. The van der Waals surface area contributed by atoms with Crippen LogP contribution in [0.2, 0.25) is 0 Å². The van der Waals surface area contributed by atoms with Crippen LogP contribution in [0.25, 0.3) is 10.1 Å². The molecule has 72 valence electrons. The lowest BCUT2D eigenvalue weighted by atomic mass is 10.1. The van der Waals surface area contributed by atoms with Gasteiger partial charge in [-0.3, -0.25) is 10.1 Å². The van der Waals surface area contributed by atoms with Crippen molar-refractivity contribution >= 4 is 27.1 Å². The SMILES string of the molecule is Cc1c(O)cc2sccc2c1[N+](=O)[O-]. The van der Waals surface area contributed by atoms with Gasteiger partial charge in [-0.2, -0.15) is 0 Å². The molecule has 0 fully saturated rings. The van der Waals surface area contributed by atoms with Crippen LogP contribution in [0.15, 0.2) is 17.5 Å². The van der Waals surface area contributed by atoms with Gasteiger partial charge in [-0.25, -0.2) is 0 Å². The quantitative estimate of drug-likeness (QED) is 0.580. The summed E-state index contributed by atoms with van der Waals surface area (Å²) in [5.74, 6) is -0.0216. The number of nitro benzene ring substituents is 1. The first kappa shape index (κ1) is 8.96. The second kappa shape index (κ2) is 2.95. The molecule has 0 radical (unpaired) electrons. The highest BCUT2D eigenvalue weighted by Gasteiger charge is 2.19. The largest absolute Gasteiger partial charge is 0.507 e. The van der Waals surface area contributed by atoms with Crippen LogP contribution in [0.4, 0.5) is 5.69 Å². The summed E-state index contributed by atoms with van der Waals surface area (Å²) < 4.78 is 0.736. The molecule has 2 aromatic rings. The Labute approximate surface area is 83.6 Å². The summed E-state index contributed by atoms with van der Waals surface area (Å²) in [5, 5.41) is 22.6. The molecule has 0 amide bonds. The number of nitro groups is 1. The number of thiophene rings is 1.